The molecule has 0 aliphatic rings. The highest BCUT2D eigenvalue weighted by Gasteiger charge is 2.09. The van der Waals surface area contributed by atoms with Gasteiger partial charge in [0.1, 0.15) is 0 Å². The van der Waals surface area contributed by atoms with Gasteiger partial charge in [-0.3, -0.25) is 0 Å². The van der Waals surface area contributed by atoms with Crippen LogP contribution in [0.25, 0.3) is 0 Å². The van der Waals surface area contributed by atoms with Crippen LogP contribution in [0.2, 0.25) is 0 Å². The minimum absolute atomic E-state index is 0.448. The van der Waals surface area contributed by atoms with Gasteiger partial charge in [0.15, 0.2) is 0 Å². The third-order valence-corrected chi connectivity index (χ3v) is 2.51. The molecule has 0 N–H and O–H groups in total. The first-order valence-corrected chi connectivity index (χ1v) is 9.13. The SMILES string of the molecule is CC.CC.CCCCN(CC)CC.CN(C)CC(C)(C)C. The van der Waals surface area contributed by atoms with Crippen molar-refractivity contribution in [1.82, 2.24) is 9.80 Å². The largest absolute Gasteiger partial charge is 0.309 e. The van der Waals surface area contributed by atoms with E-state index in [9.17, 15) is 0 Å². The van der Waals surface area contributed by atoms with Crippen LogP contribution in [-0.2, 0) is 0 Å². The third kappa shape index (κ3) is 38.3. The predicted octanol–water partition coefficient (Wildman–Crippen LogP) is 5.77. The highest BCUT2D eigenvalue weighted by atomic mass is 15.1. The lowest BCUT2D eigenvalue weighted by Crippen LogP contribution is -2.25. The molecule has 0 atom stereocenters. The molecule has 134 valence electrons. The Labute approximate surface area is 138 Å². The molecule has 0 radical (unpaired) electrons. The van der Waals surface area contributed by atoms with Gasteiger partial charge in [-0.1, -0.05) is 75.7 Å². The first-order valence-electron chi connectivity index (χ1n) is 9.13. The molecule has 0 bridgehead atoms. The van der Waals surface area contributed by atoms with E-state index in [4.69, 9.17) is 0 Å². The lowest BCUT2D eigenvalue weighted by Gasteiger charge is -2.22. The van der Waals surface area contributed by atoms with Crippen LogP contribution >= 0.6 is 0 Å². The summed E-state index contributed by atoms with van der Waals surface area (Å²) in [6.45, 7) is 26.3. The molecule has 0 aromatic carbocycles. The molecule has 0 aliphatic heterocycles. The molecule has 0 aromatic heterocycles. The maximum absolute atomic E-state index is 2.46. The van der Waals surface area contributed by atoms with Crippen molar-refractivity contribution in [3.8, 4) is 0 Å². The number of hydrogen-bond acceptors (Lipinski definition) is 2. The van der Waals surface area contributed by atoms with Crippen LogP contribution in [0.4, 0.5) is 0 Å². The molecule has 0 heterocycles. The van der Waals surface area contributed by atoms with E-state index in [1.54, 1.807) is 0 Å². The molecule has 2 nitrogen and oxygen atoms in total. The summed E-state index contributed by atoms with van der Waals surface area (Å²) in [6.07, 6.45) is 2.66. The molecule has 0 fully saturated rings. The van der Waals surface area contributed by atoms with Crippen molar-refractivity contribution < 1.29 is 0 Å². The molecule has 0 spiro atoms. The van der Waals surface area contributed by atoms with Crippen molar-refractivity contribution in [1.29, 1.82) is 0 Å². The Morgan fingerprint density at radius 3 is 1.29 bits per heavy atom. The fraction of sp³-hybridized carbons (Fsp3) is 1.00. The minimum Gasteiger partial charge on any atom is -0.309 e. The van der Waals surface area contributed by atoms with Crippen molar-refractivity contribution in [2.75, 3.05) is 40.3 Å². The van der Waals surface area contributed by atoms with Gasteiger partial charge in [0.2, 0.25) is 0 Å². The lowest BCUT2D eigenvalue weighted by molar-refractivity contribution is 0.263. The van der Waals surface area contributed by atoms with Gasteiger partial charge < -0.3 is 9.80 Å². The molecule has 0 aromatic rings. The zero-order valence-electron chi connectivity index (χ0n) is 17.6. The molecule has 0 saturated heterocycles. The number of hydrogen-bond donors (Lipinski definition) is 0. The van der Waals surface area contributed by atoms with E-state index in [2.05, 4.69) is 65.4 Å². The van der Waals surface area contributed by atoms with Gasteiger partial charge in [0.05, 0.1) is 0 Å². The van der Waals surface area contributed by atoms with E-state index in [-0.39, 0.29) is 0 Å². The number of rotatable bonds is 6. The standard InChI is InChI=1S/C8H19N.C7H17N.2C2H6/c1-4-7-8-9(5-2)6-3;1-7(2,3)6-8(4)5;2*1-2/h4-8H2,1-3H3;6H2,1-5H3;2*1-2H3. The van der Waals surface area contributed by atoms with Crippen molar-refractivity contribution in [3.63, 3.8) is 0 Å². The second kappa shape index (κ2) is 22.2. The van der Waals surface area contributed by atoms with Crippen molar-refractivity contribution in [2.24, 2.45) is 5.41 Å². The average Bonchev–Trinajstić information content (AvgIpc) is 2.42. The summed E-state index contributed by atoms with van der Waals surface area (Å²) in [5.41, 5.74) is 0.448. The summed E-state index contributed by atoms with van der Waals surface area (Å²) in [7, 11) is 4.20. The normalized spacial score (nSPS) is 10.0. The first kappa shape index (κ1) is 29.0. The van der Waals surface area contributed by atoms with Crippen LogP contribution in [0.3, 0.4) is 0 Å². The highest BCUT2D eigenvalue weighted by Crippen LogP contribution is 2.12. The van der Waals surface area contributed by atoms with Crippen LogP contribution in [0.15, 0.2) is 0 Å². The number of nitrogens with zero attached hydrogens (tertiary/aromatic N) is 2. The monoisotopic (exact) mass is 304 g/mol. The molecule has 21 heavy (non-hydrogen) atoms. The lowest BCUT2D eigenvalue weighted by atomic mass is 9.97. The van der Waals surface area contributed by atoms with Gasteiger partial charge in [-0.15, -0.1) is 0 Å². The highest BCUT2D eigenvalue weighted by molar-refractivity contribution is 4.63. The summed E-state index contributed by atoms with van der Waals surface area (Å²) in [5.74, 6) is 0. The molecule has 2 heteroatoms. The predicted molar refractivity (Wildman–Crippen MR) is 103 cm³/mol. The Balaban J connectivity index is -0.000000111. The van der Waals surface area contributed by atoms with Gasteiger partial charge in [-0.05, 0) is 45.6 Å². The molecule has 0 unspecified atom stereocenters. The van der Waals surface area contributed by atoms with Crippen molar-refractivity contribution in [3.05, 3.63) is 0 Å². The maximum atomic E-state index is 2.46. The fourth-order valence-corrected chi connectivity index (χ4v) is 1.87. The first-order chi connectivity index (χ1) is 9.76. The quantitative estimate of drug-likeness (QED) is 0.614. The van der Waals surface area contributed by atoms with E-state index >= 15 is 0 Å². The van der Waals surface area contributed by atoms with E-state index < -0.39 is 0 Å². The van der Waals surface area contributed by atoms with Crippen LogP contribution in [0.1, 0.15) is 82.1 Å². The number of unbranched alkanes of at least 4 members (excludes halogenated alkanes) is 1. The Bertz CT molecular complexity index is 144. The van der Waals surface area contributed by atoms with Gasteiger partial charge >= 0.3 is 0 Å². The molecular formula is C19H48N2. The summed E-state index contributed by atoms with van der Waals surface area (Å²) >= 11 is 0. The van der Waals surface area contributed by atoms with Gasteiger partial charge in [-0.2, -0.15) is 0 Å². The molecule has 0 amide bonds. The van der Waals surface area contributed by atoms with Gasteiger partial charge in [0, 0.05) is 6.54 Å². The molecular weight excluding hydrogens is 256 g/mol. The Morgan fingerprint density at radius 1 is 0.762 bits per heavy atom. The topological polar surface area (TPSA) is 6.48 Å². The van der Waals surface area contributed by atoms with Crippen LogP contribution in [0, 0.1) is 5.41 Å². The maximum Gasteiger partial charge on any atom is 0.00239 e. The zero-order valence-corrected chi connectivity index (χ0v) is 17.6. The van der Waals surface area contributed by atoms with Crippen LogP contribution in [-0.4, -0.2) is 50.1 Å². The minimum atomic E-state index is 0.448. The zero-order chi connectivity index (χ0) is 17.9. The second-order valence-corrected chi connectivity index (χ2v) is 6.18. The summed E-state index contributed by atoms with van der Waals surface area (Å²) in [4.78, 5) is 4.67. The third-order valence-electron chi connectivity index (χ3n) is 2.51. The van der Waals surface area contributed by atoms with E-state index in [0.717, 1.165) is 6.54 Å². The average molecular weight is 305 g/mol. The van der Waals surface area contributed by atoms with E-state index in [1.165, 1.54) is 32.5 Å². The van der Waals surface area contributed by atoms with E-state index in [0.29, 0.717) is 5.41 Å². The van der Waals surface area contributed by atoms with Crippen LogP contribution in [0.5, 0.6) is 0 Å². The smallest absolute Gasteiger partial charge is 0.00239 e. The molecule has 0 saturated carbocycles. The molecule has 0 rings (SSSR count). The van der Waals surface area contributed by atoms with E-state index in [1.807, 2.05) is 27.7 Å². The van der Waals surface area contributed by atoms with Gasteiger partial charge in [-0.25, -0.2) is 0 Å². The molecule has 0 aliphatic carbocycles. The Hall–Kier alpha value is -0.0800. The van der Waals surface area contributed by atoms with Crippen molar-refractivity contribution >= 4 is 0 Å². The summed E-state index contributed by atoms with van der Waals surface area (Å²) < 4.78 is 0. The van der Waals surface area contributed by atoms with Crippen molar-refractivity contribution in [2.45, 2.75) is 82.1 Å². The second-order valence-electron chi connectivity index (χ2n) is 6.18. The van der Waals surface area contributed by atoms with Crippen LogP contribution < -0.4 is 0 Å². The summed E-state index contributed by atoms with van der Waals surface area (Å²) in [5, 5.41) is 0. The Kier molecular flexibility index (Phi) is 30.7. The fourth-order valence-electron chi connectivity index (χ4n) is 1.87. The Morgan fingerprint density at radius 2 is 1.14 bits per heavy atom. The summed E-state index contributed by atoms with van der Waals surface area (Å²) in [6, 6.07) is 0. The van der Waals surface area contributed by atoms with Gasteiger partial charge in [0.25, 0.3) is 0 Å².